The van der Waals surface area contributed by atoms with E-state index in [1.807, 2.05) is 6.92 Å². The molecule has 0 radical (unpaired) electrons. The van der Waals surface area contributed by atoms with Crippen molar-refractivity contribution in [1.82, 2.24) is 0 Å². The summed E-state index contributed by atoms with van der Waals surface area (Å²) in [7, 11) is 0. The van der Waals surface area contributed by atoms with Gasteiger partial charge in [0.2, 0.25) is 0 Å². The van der Waals surface area contributed by atoms with E-state index in [9.17, 15) is 4.79 Å². The second kappa shape index (κ2) is 5.45. The first-order valence-corrected chi connectivity index (χ1v) is 9.14. The molecule has 1 aliphatic carbocycles. The van der Waals surface area contributed by atoms with Crippen LogP contribution < -0.4 is 0 Å². The van der Waals surface area contributed by atoms with E-state index < -0.39 is 0 Å². The number of rotatable bonds is 2. The number of fused-ring (bicyclic) bond motifs is 2. The van der Waals surface area contributed by atoms with E-state index >= 15 is 0 Å². The maximum absolute atomic E-state index is 12.6. The Labute approximate surface area is 146 Å². The van der Waals surface area contributed by atoms with E-state index in [1.54, 1.807) is 0 Å². The number of carbonyl (C=O) groups is 1. The molecule has 0 heterocycles. The zero-order valence-electron chi connectivity index (χ0n) is 14.3. The Hall–Kier alpha value is -2.61. The second-order valence-corrected chi connectivity index (χ2v) is 7.00. The standard InChI is InChI=1S/C23H20O2/c1-2-25-23(24)19-8-4-7-16-13-17-10-9-14-5-3-6-15-11-12-18(21(16)19)22(17)20(14)15/h3,5-6,9-13,19H,2,4,7-8H2,1H3. The molecule has 0 aromatic heterocycles. The van der Waals surface area contributed by atoms with Crippen molar-refractivity contribution in [2.45, 2.75) is 32.1 Å². The van der Waals surface area contributed by atoms with Crippen molar-refractivity contribution in [1.29, 1.82) is 0 Å². The Morgan fingerprint density at radius 1 is 1.04 bits per heavy atom. The Morgan fingerprint density at radius 3 is 2.60 bits per heavy atom. The predicted octanol–water partition coefficient (Wildman–Crippen LogP) is 5.57. The largest absolute Gasteiger partial charge is 0.466 e. The smallest absolute Gasteiger partial charge is 0.313 e. The van der Waals surface area contributed by atoms with E-state index in [4.69, 9.17) is 4.74 Å². The molecular weight excluding hydrogens is 308 g/mol. The van der Waals surface area contributed by atoms with Crippen molar-refractivity contribution in [2.75, 3.05) is 6.61 Å². The quantitative estimate of drug-likeness (QED) is 0.355. The van der Waals surface area contributed by atoms with Gasteiger partial charge < -0.3 is 4.74 Å². The summed E-state index contributed by atoms with van der Waals surface area (Å²) >= 11 is 0. The van der Waals surface area contributed by atoms with E-state index in [0.717, 1.165) is 19.3 Å². The van der Waals surface area contributed by atoms with Crippen molar-refractivity contribution in [3.63, 3.8) is 0 Å². The molecule has 2 nitrogen and oxygen atoms in total. The molecule has 1 aliphatic rings. The number of hydrogen-bond donors (Lipinski definition) is 0. The number of aryl methyl sites for hydroxylation is 1. The van der Waals surface area contributed by atoms with Crippen molar-refractivity contribution in [2.24, 2.45) is 0 Å². The fourth-order valence-corrected chi connectivity index (χ4v) is 4.63. The lowest BCUT2D eigenvalue weighted by Gasteiger charge is -2.27. The Balaban J connectivity index is 1.89. The summed E-state index contributed by atoms with van der Waals surface area (Å²) in [6, 6.07) is 17.6. The highest BCUT2D eigenvalue weighted by Crippen LogP contribution is 2.43. The van der Waals surface area contributed by atoms with E-state index in [2.05, 4.69) is 48.5 Å². The summed E-state index contributed by atoms with van der Waals surface area (Å²) in [4.78, 5) is 12.6. The zero-order chi connectivity index (χ0) is 17.0. The minimum Gasteiger partial charge on any atom is -0.466 e. The Bertz CT molecular complexity index is 1090. The maximum Gasteiger partial charge on any atom is 0.313 e. The highest BCUT2D eigenvalue weighted by atomic mass is 16.5. The van der Waals surface area contributed by atoms with Crippen LogP contribution in [0.1, 0.15) is 36.8 Å². The van der Waals surface area contributed by atoms with Gasteiger partial charge in [0.15, 0.2) is 0 Å². The molecular formula is C23H20O2. The normalized spacial score (nSPS) is 17.2. The van der Waals surface area contributed by atoms with Crippen LogP contribution in [0.2, 0.25) is 0 Å². The van der Waals surface area contributed by atoms with Gasteiger partial charge in [-0.2, -0.15) is 0 Å². The summed E-state index contributed by atoms with van der Waals surface area (Å²) in [5.74, 6) is -0.202. The second-order valence-electron chi connectivity index (χ2n) is 7.00. The summed E-state index contributed by atoms with van der Waals surface area (Å²) in [5.41, 5.74) is 2.52. The van der Waals surface area contributed by atoms with Gasteiger partial charge in [0.25, 0.3) is 0 Å². The lowest BCUT2D eigenvalue weighted by molar-refractivity contribution is -0.145. The Morgan fingerprint density at radius 2 is 1.80 bits per heavy atom. The molecule has 0 amide bonds. The predicted molar refractivity (Wildman–Crippen MR) is 102 cm³/mol. The molecule has 1 atom stereocenters. The van der Waals surface area contributed by atoms with Crippen LogP contribution in [-0.4, -0.2) is 12.6 Å². The molecule has 1 unspecified atom stereocenters. The number of carbonyl (C=O) groups excluding carboxylic acids is 1. The molecule has 0 N–H and O–H groups in total. The van der Waals surface area contributed by atoms with Crippen LogP contribution in [0.15, 0.2) is 48.5 Å². The topological polar surface area (TPSA) is 26.3 Å². The van der Waals surface area contributed by atoms with Gasteiger partial charge >= 0.3 is 5.97 Å². The fraction of sp³-hybridized carbons (Fsp3) is 0.261. The molecule has 0 saturated carbocycles. The average molecular weight is 328 g/mol. The molecule has 0 bridgehead atoms. The third-order valence-corrected chi connectivity index (χ3v) is 5.63. The number of hydrogen-bond acceptors (Lipinski definition) is 2. The SMILES string of the molecule is CCOC(=O)C1CCCc2cc3ccc4cccc5ccc(c21)c3c45. The number of benzene rings is 4. The van der Waals surface area contributed by atoms with Gasteiger partial charge in [-0.25, -0.2) is 0 Å². The van der Waals surface area contributed by atoms with Gasteiger partial charge in [-0.05, 0) is 69.6 Å². The van der Waals surface area contributed by atoms with Crippen molar-refractivity contribution >= 4 is 38.3 Å². The summed E-state index contributed by atoms with van der Waals surface area (Å²) < 4.78 is 5.39. The molecule has 4 aromatic carbocycles. The van der Waals surface area contributed by atoms with Crippen LogP contribution >= 0.6 is 0 Å². The van der Waals surface area contributed by atoms with E-state index in [0.29, 0.717) is 6.61 Å². The lowest BCUT2D eigenvalue weighted by atomic mass is 9.78. The third kappa shape index (κ3) is 2.07. The van der Waals surface area contributed by atoms with Crippen molar-refractivity contribution < 1.29 is 9.53 Å². The van der Waals surface area contributed by atoms with Crippen molar-refractivity contribution in [3.05, 3.63) is 59.7 Å². The van der Waals surface area contributed by atoms with Crippen LogP contribution in [-0.2, 0) is 16.0 Å². The zero-order valence-corrected chi connectivity index (χ0v) is 14.3. The Kier molecular flexibility index (Phi) is 3.21. The van der Waals surface area contributed by atoms with Gasteiger partial charge in [0, 0.05) is 0 Å². The molecule has 124 valence electrons. The number of ether oxygens (including phenoxy) is 1. The van der Waals surface area contributed by atoms with Crippen LogP contribution in [0.3, 0.4) is 0 Å². The van der Waals surface area contributed by atoms with Gasteiger partial charge in [0.1, 0.15) is 0 Å². The van der Waals surface area contributed by atoms with Crippen LogP contribution in [0.25, 0.3) is 32.3 Å². The van der Waals surface area contributed by atoms with E-state index in [-0.39, 0.29) is 11.9 Å². The highest BCUT2D eigenvalue weighted by Gasteiger charge is 2.30. The van der Waals surface area contributed by atoms with Gasteiger partial charge in [-0.15, -0.1) is 0 Å². The summed E-state index contributed by atoms with van der Waals surface area (Å²) in [6.45, 7) is 2.32. The average Bonchev–Trinajstić information content (AvgIpc) is 2.65. The molecule has 0 saturated heterocycles. The maximum atomic E-state index is 12.6. The highest BCUT2D eigenvalue weighted by molar-refractivity contribution is 6.24. The molecule has 25 heavy (non-hydrogen) atoms. The summed E-state index contributed by atoms with van der Waals surface area (Å²) in [5, 5.41) is 7.65. The minimum absolute atomic E-state index is 0.0708. The van der Waals surface area contributed by atoms with Crippen LogP contribution in [0, 0.1) is 0 Å². The van der Waals surface area contributed by atoms with Gasteiger partial charge in [0.05, 0.1) is 12.5 Å². The molecule has 0 spiro atoms. The van der Waals surface area contributed by atoms with Crippen LogP contribution in [0.5, 0.6) is 0 Å². The van der Waals surface area contributed by atoms with Gasteiger partial charge in [-0.1, -0.05) is 48.5 Å². The molecule has 2 heteroatoms. The molecule has 0 fully saturated rings. The van der Waals surface area contributed by atoms with Crippen LogP contribution in [0.4, 0.5) is 0 Å². The van der Waals surface area contributed by atoms with Crippen molar-refractivity contribution in [3.8, 4) is 0 Å². The monoisotopic (exact) mass is 328 g/mol. The molecule has 4 aromatic rings. The third-order valence-electron chi connectivity index (χ3n) is 5.63. The first kappa shape index (κ1) is 14.7. The first-order chi connectivity index (χ1) is 12.3. The fourth-order valence-electron chi connectivity index (χ4n) is 4.63. The minimum atomic E-state index is -0.131. The van der Waals surface area contributed by atoms with E-state index in [1.165, 1.54) is 43.4 Å². The summed E-state index contributed by atoms with van der Waals surface area (Å²) in [6.07, 6.45) is 2.97. The molecule has 5 rings (SSSR count). The number of esters is 1. The lowest BCUT2D eigenvalue weighted by Crippen LogP contribution is -2.21. The van der Waals surface area contributed by atoms with Gasteiger partial charge in [-0.3, -0.25) is 4.79 Å². The first-order valence-electron chi connectivity index (χ1n) is 9.14. The molecule has 0 aliphatic heterocycles.